The number of hydrogen-bond acceptors (Lipinski definition) is 1. The molecule has 19 heavy (non-hydrogen) atoms. The van der Waals surface area contributed by atoms with Crippen LogP contribution in [0.5, 0.6) is 0 Å². The summed E-state index contributed by atoms with van der Waals surface area (Å²) >= 11 is 6.03. The molecule has 0 aliphatic carbocycles. The summed E-state index contributed by atoms with van der Waals surface area (Å²) in [5.41, 5.74) is 0.608. The second kappa shape index (κ2) is 5.72. The van der Waals surface area contributed by atoms with E-state index in [0.29, 0.717) is 17.9 Å². The van der Waals surface area contributed by atoms with Crippen LogP contribution < -0.4 is 0 Å². The Morgan fingerprint density at radius 3 is 2.42 bits per heavy atom. The maximum Gasteiger partial charge on any atom is 0.124 e. The summed E-state index contributed by atoms with van der Waals surface area (Å²) in [5.74, 6) is -0.367. The van der Waals surface area contributed by atoms with Crippen molar-refractivity contribution in [2.75, 3.05) is 0 Å². The van der Waals surface area contributed by atoms with Crippen molar-refractivity contribution in [2.24, 2.45) is 0 Å². The van der Waals surface area contributed by atoms with Crippen LogP contribution in [0.1, 0.15) is 24.5 Å². The van der Waals surface area contributed by atoms with E-state index in [2.05, 4.69) is 0 Å². The number of rotatable bonds is 4. The number of benzene rings is 2. The third-order valence-corrected chi connectivity index (χ3v) is 3.75. The van der Waals surface area contributed by atoms with Gasteiger partial charge in [0.15, 0.2) is 0 Å². The Kier molecular flexibility index (Phi) is 4.23. The average molecular weight is 279 g/mol. The fourth-order valence-corrected chi connectivity index (χ4v) is 2.39. The summed E-state index contributed by atoms with van der Waals surface area (Å²) in [5, 5.41) is 11.1. The number of aliphatic hydroxyl groups is 1. The fourth-order valence-electron chi connectivity index (χ4n) is 2.16. The van der Waals surface area contributed by atoms with Crippen LogP contribution in [0, 0.1) is 5.82 Å². The van der Waals surface area contributed by atoms with Crippen molar-refractivity contribution in [2.45, 2.75) is 25.4 Å². The largest absolute Gasteiger partial charge is 0.385 e. The van der Waals surface area contributed by atoms with Gasteiger partial charge in [-0.1, -0.05) is 54.9 Å². The minimum atomic E-state index is -0.983. The second-order valence-electron chi connectivity index (χ2n) is 4.66. The third-order valence-electron chi connectivity index (χ3n) is 3.39. The van der Waals surface area contributed by atoms with Gasteiger partial charge in [0.2, 0.25) is 0 Å². The molecule has 0 aliphatic rings. The Bertz CT molecular complexity index is 556. The molecule has 0 aliphatic heterocycles. The molecular formula is C16H16ClFO. The lowest BCUT2D eigenvalue weighted by Gasteiger charge is -2.28. The zero-order valence-corrected chi connectivity index (χ0v) is 11.5. The predicted molar refractivity (Wildman–Crippen MR) is 75.7 cm³/mol. The van der Waals surface area contributed by atoms with Crippen LogP contribution in [0.4, 0.5) is 4.39 Å². The maximum atomic E-state index is 13.0. The van der Waals surface area contributed by atoms with Crippen LogP contribution in [0.3, 0.4) is 0 Å². The Hall–Kier alpha value is -1.38. The summed E-state index contributed by atoms with van der Waals surface area (Å²) in [6.45, 7) is 1.92. The van der Waals surface area contributed by atoms with Gasteiger partial charge in [-0.05, 0) is 29.7 Å². The summed E-state index contributed by atoms with van der Waals surface area (Å²) in [6.07, 6.45) is 0.928. The van der Waals surface area contributed by atoms with Gasteiger partial charge >= 0.3 is 0 Å². The standard InChI is InChI=1S/C16H16ClFO/c1-2-16(19,13-6-4-3-5-7-13)11-12-8-9-14(18)10-15(12)17/h3-10,19H,2,11H2,1H3. The van der Waals surface area contributed by atoms with E-state index >= 15 is 0 Å². The fraction of sp³-hybridized carbons (Fsp3) is 0.250. The second-order valence-corrected chi connectivity index (χ2v) is 5.07. The molecule has 2 aromatic rings. The summed E-state index contributed by atoms with van der Waals surface area (Å²) in [6, 6.07) is 13.7. The van der Waals surface area contributed by atoms with Gasteiger partial charge in [0.1, 0.15) is 5.82 Å². The SMILES string of the molecule is CCC(O)(Cc1ccc(F)cc1Cl)c1ccccc1. The zero-order chi connectivity index (χ0) is 13.9. The highest BCUT2D eigenvalue weighted by Gasteiger charge is 2.28. The van der Waals surface area contributed by atoms with Crippen molar-refractivity contribution in [1.29, 1.82) is 0 Å². The van der Waals surface area contributed by atoms with E-state index in [4.69, 9.17) is 11.6 Å². The molecule has 0 bridgehead atoms. The molecule has 1 nitrogen and oxygen atoms in total. The van der Waals surface area contributed by atoms with E-state index < -0.39 is 5.60 Å². The highest BCUT2D eigenvalue weighted by atomic mass is 35.5. The molecule has 0 amide bonds. The highest BCUT2D eigenvalue weighted by molar-refractivity contribution is 6.31. The first-order chi connectivity index (χ1) is 9.05. The maximum absolute atomic E-state index is 13.0. The summed E-state index contributed by atoms with van der Waals surface area (Å²) < 4.78 is 13.0. The number of hydrogen-bond donors (Lipinski definition) is 1. The van der Waals surface area contributed by atoms with E-state index in [-0.39, 0.29) is 5.82 Å². The normalized spacial score (nSPS) is 14.1. The quantitative estimate of drug-likeness (QED) is 0.883. The molecule has 1 unspecified atom stereocenters. The van der Waals surface area contributed by atoms with Gasteiger partial charge in [0.05, 0.1) is 5.60 Å². The molecule has 3 heteroatoms. The molecule has 0 heterocycles. The molecule has 1 atom stereocenters. The minimum Gasteiger partial charge on any atom is -0.385 e. The first-order valence-corrected chi connectivity index (χ1v) is 6.65. The van der Waals surface area contributed by atoms with Crippen LogP contribution in [0.25, 0.3) is 0 Å². The van der Waals surface area contributed by atoms with E-state index in [1.165, 1.54) is 12.1 Å². The highest BCUT2D eigenvalue weighted by Crippen LogP contribution is 2.31. The van der Waals surface area contributed by atoms with Crippen LogP contribution in [-0.2, 0) is 12.0 Å². The first kappa shape index (κ1) is 14.0. The molecule has 0 spiro atoms. The lowest BCUT2D eigenvalue weighted by molar-refractivity contribution is 0.0327. The molecule has 0 fully saturated rings. The van der Waals surface area contributed by atoms with Crippen LogP contribution in [0.15, 0.2) is 48.5 Å². The van der Waals surface area contributed by atoms with Gasteiger partial charge < -0.3 is 5.11 Å². The monoisotopic (exact) mass is 278 g/mol. The van der Waals surface area contributed by atoms with Crippen molar-refractivity contribution in [3.8, 4) is 0 Å². The lowest BCUT2D eigenvalue weighted by atomic mass is 9.85. The predicted octanol–water partition coefficient (Wildman–Crippen LogP) is 4.32. The molecule has 0 saturated carbocycles. The van der Waals surface area contributed by atoms with Crippen molar-refractivity contribution in [1.82, 2.24) is 0 Å². The molecule has 0 aromatic heterocycles. The Morgan fingerprint density at radius 1 is 1.16 bits per heavy atom. The molecule has 2 aromatic carbocycles. The van der Waals surface area contributed by atoms with Crippen LogP contribution >= 0.6 is 11.6 Å². The van der Waals surface area contributed by atoms with Crippen molar-refractivity contribution in [3.05, 3.63) is 70.5 Å². The van der Waals surface area contributed by atoms with Gasteiger partial charge in [0.25, 0.3) is 0 Å². The molecule has 2 rings (SSSR count). The topological polar surface area (TPSA) is 20.2 Å². The van der Waals surface area contributed by atoms with E-state index in [1.807, 2.05) is 37.3 Å². The van der Waals surface area contributed by atoms with Crippen LogP contribution in [-0.4, -0.2) is 5.11 Å². The van der Waals surface area contributed by atoms with E-state index in [0.717, 1.165) is 11.1 Å². The Labute approximate surface area is 117 Å². The Balaban J connectivity index is 2.33. The number of halogens is 2. The van der Waals surface area contributed by atoms with Gasteiger partial charge in [-0.15, -0.1) is 0 Å². The van der Waals surface area contributed by atoms with Crippen molar-refractivity contribution in [3.63, 3.8) is 0 Å². The average Bonchev–Trinajstić information content (AvgIpc) is 2.43. The van der Waals surface area contributed by atoms with Crippen molar-refractivity contribution >= 4 is 11.6 Å². The Morgan fingerprint density at radius 2 is 1.84 bits per heavy atom. The molecule has 1 N–H and O–H groups in total. The van der Waals surface area contributed by atoms with Gasteiger partial charge in [-0.3, -0.25) is 0 Å². The van der Waals surface area contributed by atoms with Crippen molar-refractivity contribution < 1.29 is 9.50 Å². The minimum absolute atomic E-state index is 0.350. The summed E-state index contributed by atoms with van der Waals surface area (Å²) in [4.78, 5) is 0. The molecule has 0 radical (unpaired) electrons. The third kappa shape index (κ3) is 3.14. The molecule has 100 valence electrons. The van der Waals surface area contributed by atoms with Gasteiger partial charge in [-0.2, -0.15) is 0 Å². The molecular weight excluding hydrogens is 263 g/mol. The van der Waals surface area contributed by atoms with E-state index in [9.17, 15) is 9.50 Å². The summed E-state index contributed by atoms with van der Waals surface area (Å²) in [7, 11) is 0. The smallest absolute Gasteiger partial charge is 0.124 e. The van der Waals surface area contributed by atoms with Crippen LogP contribution in [0.2, 0.25) is 5.02 Å². The van der Waals surface area contributed by atoms with E-state index in [1.54, 1.807) is 6.07 Å². The zero-order valence-electron chi connectivity index (χ0n) is 10.7. The molecule has 0 saturated heterocycles. The van der Waals surface area contributed by atoms with Gasteiger partial charge in [-0.25, -0.2) is 4.39 Å². The first-order valence-electron chi connectivity index (χ1n) is 6.27. The van der Waals surface area contributed by atoms with Gasteiger partial charge in [0, 0.05) is 11.4 Å². The lowest BCUT2D eigenvalue weighted by Crippen LogP contribution is -2.27.